The van der Waals surface area contributed by atoms with E-state index < -0.39 is 0 Å². The third kappa shape index (κ3) is 6.25. The molecule has 32 heavy (non-hydrogen) atoms. The van der Waals surface area contributed by atoms with E-state index in [1.165, 1.54) is 0 Å². The first-order valence-electron chi connectivity index (χ1n) is 11.4. The number of hydrogen-bond donors (Lipinski definition) is 1. The number of aryl methyl sites for hydroxylation is 1. The van der Waals surface area contributed by atoms with Gasteiger partial charge >= 0.3 is 5.69 Å². The second-order valence-electron chi connectivity index (χ2n) is 6.92. The molecule has 0 saturated carbocycles. The number of aromatic nitrogens is 3. The fourth-order valence-electron chi connectivity index (χ4n) is 3.01. The molecule has 0 amide bonds. The number of nitrogen functional groups attached to an aromatic ring is 1. The summed E-state index contributed by atoms with van der Waals surface area (Å²) >= 11 is 0. The summed E-state index contributed by atoms with van der Waals surface area (Å²) in [5.41, 5.74) is 11.1. The van der Waals surface area contributed by atoms with Crippen molar-refractivity contribution in [3.05, 3.63) is 52.6 Å². The Bertz CT molecular complexity index is 1080. The average molecular weight is 443 g/mol. The van der Waals surface area contributed by atoms with Crippen LogP contribution in [-0.4, -0.2) is 14.3 Å². The molecule has 0 bridgehead atoms. The van der Waals surface area contributed by atoms with Gasteiger partial charge in [-0.1, -0.05) is 57.1 Å². The molecule has 0 atom stereocenters. The van der Waals surface area contributed by atoms with Gasteiger partial charge in [0.15, 0.2) is 0 Å². The van der Waals surface area contributed by atoms with Gasteiger partial charge in [0.2, 0.25) is 5.88 Å². The molecule has 3 aromatic rings. The van der Waals surface area contributed by atoms with Crippen molar-refractivity contribution in [2.24, 2.45) is 7.05 Å². The highest BCUT2D eigenvalue weighted by atomic mass is 16.5. The summed E-state index contributed by atoms with van der Waals surface area (Å²) in [6, 6.07) is 5.96. The Morgan fingerprint density at radius 3 is 2.09 bits per heavy atom. The van der Waals surface area contributed by atoms with E-state index in [4.69, 9.17) is 10.3 Å². The number of hydrogen-bond acceptors (Lipinski definition) is 4. The number of allylic oxidation sites excluding steroid dienone is 4. The molecule has 0 spiro atoms. The molecule has 0 aliphatic rings. The summed E-state index contributed by atoms with van der Waals surface area (Å²) in [5.74, 6) is 0.277. The fourth-order valence-corrected chi connectivity index (χ4v) is 3.01. The monoisotopic (exact) mass is 442 g/mol. The summed E-state index contributed by atoms with van der Waals surface area (Å²) < 4.78 is 8.64. The molecule has 6 heteroatoms. The Morgan fingerprint density at radius 1 is 1.06 bits per heavy atom. The number of nitrogens with zero attached hydrogens (tertiary/aromatic N) is 3. The fraction of sp³-hybridized carbons (Fsp3) is 0.462. The highest BCUT2D eigenvalue weighted by Crippen LogP contribution is 2.35. The molecular formula is C26H42N4O2. The number of imidazole rings is 1. The van der Waals surface area contributed by atoms with Crippen LogP contribution in [0.5, 0.6) is 0 Å². The Balaban J connectivity index is 0.00000106. The highest BCUT2D eigenvalue weighted by molar-refractivity contribution is 5.89. The SMILES string of the molecule is C/C=C(\C)c1noc(N)c1-c1ccc2c(c1)n(C)c(=O)n2C(C)C.C/C=C\C.CC.CC. The van der Waals surface area contributed by atoms with Crippen LogP contribution in [0.4, 0.5) is 5.88 Å². The van der Waals surface area contributed by atoms with E-state index in [0.717, 1.165) is 33.4 Å². The molecule has 3 rings (SSSR count). The Kier molecular flexibility index (Phi) is 12.8. The molecule has 2 N–H and O–H groups in total. The lowest BCUT2D eigenvalue weighted by Gasteiger charge is -2.07. The minimum absolute atomic E-state index is 0.0275. The van der Waals surface area contributed by atoms with Crippen molar-refractivity contribution in [2.45, 2.75) is 75.3 Å². The van der Waals surface area contributed by atoms with E-state index >= 15 is 0 Å². The number of fused-ring (bicyclic) bond motifs is 1. The lowest BCUT2D eigenvalue weighted by atomic mass is 10.0. The van der Waals surface area contributed by atoms with Crippen molar-refractivity contribution in [3.63, 3.8) is 0 Å². The first kappa shape index (κ1) is 29.0. The first-order chi connectivity index (χ1) is 15.3. The van der Waals surface area contributed by atoms with Gasteiger partial charge < -0.3 is 10.3 Å². The molecule has 0 saturated heterocycles. The first-order valence-corrected chi connectivity index (χ1v) is 11.4. The second-order valence-corrected chi connectivity index (χ2v) is 6.92. The average Bonchev–Trinajstić information content (AvgIpc) is 3.33. The number of benzene rings is 1. The van der Waals surface area contributed by atoms with Crippen LogP contribution in [-0.2, 0) is 7.05 Å². The zero-order chi connectivity index (χ0) is 25.0. The van der Waals surface area contributed by atoms with Gasteiger partial charge in [-0.2, -0.15) is 0 Å². The number of rotatable bonds is 3. The predicted molar refractivity (Wildman–Crippen MR) is 140 cm³/mol. The van der Waals surface area contributed by atoms with E-state index in [1.807, 2.05) is 106 Å². The molecule has 0 aliphatic heterocycles. The second kappa shape index (κ2) is 14.1. The third-order valence-electron chi connectivity index (χ3n) is 4.75. The van der Waals surface area contributed by atoms with Crippen LogP contribution in [0, 0.1) is 0 Å². The van der Waals surface area contributed by atoms with Crippen LogP contribution >= 0.6 is 0 Å². The molecular weight excluding hydrogens is 400 g/mol. The number of anilines is 1. The van der Waals surface area contributed by atoms with Crippen LogP contribution in [0.3, 0.4) is 0 Å². The normalized spacial score (nSPS) is 10.9. The van der Waals surface area contributed by atoms with Gasteiger partial charge in [-0.25, -0.2) is 4.79 Å². The summed E-state index contributed by atoms with van der Waals surface area (Å²) in [4.78, 5) is 12.5. The van der Waals surface area contributed by atoms with Crippen molar-refractivity contribution in [3.8, 4) is 11.1 Å². The van der Waals surface area contributed by atoms with Crippen molar-refractivity contribution >= 4 is 22.5 Å². The lowest BCUT2D eigenvalue weighted by Crippen LogP contribution is -2.23. The van der Waals surface area contributed by atoms with Gasteiger partial charge in [0.05, 0.1) is 16.6 Å². The van der Waals surface area contributed by atoms with E-state index in [0.29, 0.717) is 0 Å². The van der Waals surface area contributed by atoms with Crippen LogP contribution in [0.1, 0.15) is 81.0 Å². The van der Waals surface area contributed by atoms with Gasteiger partial charge in [-0.05, 0) is 64.8 Å². The largest absolute Gasteiger partial charge is 0.367 e. The van der Waals surface area contributed by atoms with Gasteiger partial charge in [-0.3, -0.25) is 9.13 Å². The molecule has 6 nitrogen and oxygen atoms in total. The molecule has 2 heterocycles. The third-order valence-corrected chi connectivity index (χ3v) is 4.75. The topological polar surface area (TPSA) is 79.0 Å². The molecule has 0 fully saturated rings. The zero-order valence-corrected chi connectivity index (χ0v) is 21.8. The Morgan fingerprint density at radius 2 is 1.62 bits per heavy atom. The molecule has 1 aromatic carbocycles. The molecule has 0 unspecified atom stereocenters. The number of nitrogens with two attached hydrogens (primary N) is 1. The standard InChI is InChI=1S/C18H22N4O2.C4H8.2C2H6/c1-6-11(4)16-15(17(19)24-20-16)12-7-8-13-14(9-12)21(5)18(23)22(13)10(2)3;1-3-4-2;2*1-2/h6-10H,19H2,1-5H3;3-4H,1-2H3;2*1-2H3/b11-6+;4-3-;;. The minimum Gasteiger partial charge on any atom is -0.367 e. The molecule has 0 aliphatic carbocycles. The quantitative estimate of drug-likeness (QED) is 0.434. The van der Waals surface area contributed by atoms with E-state index in [-0.39, 0.29) is 17.6 Å². The molecule has 2 aromatic heterocycles. The van der Waals surface area contributed by atoms with Crippen LogP contribution in [0.25, 0.3) is 27.7 Å². The van der Waals surface area contributed by atoms with E-state index in [1.54, 1.807) is 16.2 Å². The maximum atomic E-state index is 12.5. The predicted octanol–water partition coefficient (Wildman–Crippen LogP) is 7.22. The van der Waals surface area contributed by atoms with Gasteiger partial charge in [0.1, 0.15) is 5.69 Å². The van der Waals surface area contributed by atoms with Crippen molar-refractivity contribution < 1.29 is 4.52 Å². The van der Waals surface area contributed by atoms with Crippen LogP contribution < -0.4 is 11.4 Å². The van der Waals surface area contributed by atoms with Crippen molar-refractivity contribution in [1.29, 1.82) is 0 Å². The van der Waals surface area contributed by atoms with Gasteiger partial charge in [-0.15, -0.1) is 0 Å². The smallest absolute Gasteiger partial charge is 0.329 e. The van der Waals surface area contributed by atoms with E-state index in [9.17, 15) is 4.79 Å². The van der Waals surface area contributed by atoms with Crippen LogP contribution in [0.2, 0.25) is 0 Å². The zero-order valence-electron chi connectivity index (χ0n) is 21.8. The van der Waals surface area contributed by atoms with Gasteiger partial charge in [0.25, 0.3) is 0 Å². The summed E-state index contributed by atoms with van der Waals surface area (Å²) in [6.45, 7) is 19.9. The molecule has 178 valence electrons. The maximum absolute atomic E-state index is 12.5. The summed E-state index contributed by atoms with van der Waals surface area (Å²) in [5, 5.41) is 4.07. The van der Waals surface area contributed by atoms with Crippen LogP contribution in [0.15, 0.2) is 45.7 Å². The maximum Gasteiger partial charge on any atom is 0.329 e. The minimum atomic E-state index is -0.0275. The molecule has 0 radical (unpaired) electrons. The van der Waals surface area contributed by atoms with Crippen molar-refractivity contribution in [2.75, 3.05) is 5.73 Å². The van der Waals surface area contributed by atoms with Crippen molar-refractivity contribution in [1.82, 2.24) is 14.3 Å². The Hall–Kier alpha value is -3.02. The van der Waals surface area contributed by atoms with E-state index in [2.05, 4.69) is 5.16 Å². The summed E-state index contributed by atoms with van der Waals surface area (Å²) in [6.07, 6.45) is 5.96. The Labute approximate surface area is 193 Å². The highest BCUT2D eigenvalue weighted by Gasteiger charge is 2.19. The summed E-state index contributed by atoms with van der Waals surface area (Å²) in [7, 11) is 1.78. The lowest BCUT2D eigenvalue weighted by molar-refractivity contribution is 0.434. The van der Waals surface area contributed by atoms with Gasteiger partial charge in [0, 0.05) is 13.1 Å².